The molecule has 2 aliphatic rings. The summed E-state index contributed by atoms with van der Waals surface area (Å²) in [6, 6.07) is 1.86. The minimum atomic E-state index is -3.59. The standard InChI is InChI=1S/C25H31F2N7O5S/c1-25(2,3)39-24(35)32-8-5-7-15(14-32)29-22-17(27)11-16(26)21(30-22)18-13-28-20-12-19(38-4)23(31-34(18)20)33-9-6-10-40(33,36)37/h11-13,15H,5-10,14H2,1-4H3,(H,29,30)/t15-/m1/s1. The number of amides is 1. The number of fused-ring (bicyclic) bond motifs is 1. The summed E-state index contributed by atoms with van der Waals surface area (Å²) in [7, 11) is -2.20. The summed E-state index contributed by atoms with van der Waals surface area (Å²) >= 11 is 0. The van der Waals surface area contributed by atoms with Crippen molar-refractivity contribution in [1.82, 2.24) is 24.5 Å². The molecule has 5 rings (SSSR count). The molecule has 216 valence electrons. The van der Waals surface area contributed by atoms with Crippen LogP contribution in [0.15, 0.2) is 18.3 Å². The average molecular weight is 580 g/mol. The summed E-state index contributed by atoms with van der Waals surface area (Å²) in [5.41, 5.74) is -0.534. The summed E-state index contributed by atoms with van der Waals surface area (Å²) in [6.45, 7) is 6.32. The molecule has 3 aromatic heterocycles. The summed E-state index contributed by atoms with van der Waals surface area (Å²) < 4.78 is 68.3. The van der Waals surface area contributed by atoms with Gasteiger partial charge in [0.05, 0.1) is 19.1 Å². The quantitative estimate of drug-likeness (QED) is 0.483. The number of halogens is 2. The number of carbonyl (C=O) groups excluding carboxylic acids is 1. The highest BCUT2D eigenvalue weighted by atomic mass is 32.2. The van der Waals surface area contributed by atoms with Crippen molar-refractivity contribution in [3.63, 3.8) is 0 Å². The average Bonchev–Trinajstić information content (AvgIpc) is 3.45. The Morgan fingerprint density at radius 1 is 1.15 bits per heavy atom. The van der Waals surface area contributed by atoms with E-state index in [1.165, 1.54) is 23.9 Å². The maximum absolute atomic E-state index is 15.1. The van der Waals surface area contributed by atoms with E-state index in [2.05, 4.69) is 20.4 Å². The van der Waals surface area contributed by atoms with Gasteiger partial charge >= 0.3 is 6.09 Å². The minimum Gasteiger partial charge on any atom is -0.493 e. The summed E-state index contributed by atoms with van der Waals surface area (Å²) in [6.07, 6.45) is 2.58. The van der Waals surface area contributed by atoms with Crippen LogP contribution in [0.2, 0.25) is 0 Å². The first kappa shape index (κ1) is 27.8. The van der Waals surface area contributed by atoms with Crippen LogP contribution in [0.5, 0.6) is 5.75 Å². The lowest BCUT2D eigenvalue weighted by molar-refractivity contribution is 0.0206. The second kappa shape index (κ2) is 10.3. The minimum absolute atomic E-state index is 0.0254. The fourth-order valence-electron chi connectivity index (χ4n) is 4.78. The number of hydrogen-bond acceptors (Lipinski definition) is 9. The van der Waals surface area contributed by atoms with Gasteiger partial charge in [-0.1, -0.05) is 0 Å². The third-order valence-electron chi connectivity index (χ3n) is 6.58. The number of imidazole rings is 1. The zero-order chi connectivity index (χ0) is 28.8. The number of nitrogens with zero attached hydrogens (tertiary/aromatic N) is 6. The van der Waals surface area contributed by atoms with Crippen LogP contribution in [0.4, 0.5) is 25.2 Å². The number of nitrogens with one attached hydrogen (secondary N) is 1. The molecule has 12 nitrogen and oxygen atoms in total. The van der Waals surface area contributed by atoms with Crippen molar-refractivity contribution >= 4 is 33.4 Å². The van der Waals surface area contributed by atoms with Gasteiger partial charge in [-0.2, -0.15) is 0 Å². The van der Waals surface area contributed by atoms with Gasteiger partial charge in [-0.25, -0.2) is 40.8 Å². The van der Waals surface area contributed by atoms with Crippen LogP contribution in [-0.2, 0) is 14.8 Å². The second-order valence-electron chi connectivity index (χ2n) is 10.8. The zero-order valence-electron chi connectivity index (χ0n) is 22.6. The van der Waals surface area contributed by atoms with Crippen LogP contribution >= 0.6 is 0 Å². The van der Waals surface area contributed by atoms with E-state index in [1.54, 1.807) is 25.7 Å². The maximum atomic E-state index is 15.1. The van der Waals surface area contributed by atoms with Gasteiger partial charge in [-0.15, -0.1) is 5.10 Å². The molecule has 0 bridgehead atoms. The number of pyridine rings is 1. The monoisotopic (exact) mass is 579 g/mol. The molecule has 1 N–H and O–H groups in total. The van der Waals surface area contributed by atoms with Crippen molar-refractivity contribution in [2.45, 2.75) is 51.7 Å². The van der Waals surface area contributed by atoms with Crippen LogP contribution < -0.4 is 14.4 Å². The van der Waals surface area contributed by atoms with Crippen LogP contribution in [0.25, 0.3) is 17.0 Å². The van der Waals surface area contributed by atoms with Crippen molar-refractivity contribution in [2.75, 3.05) is 42.1 Å². The van der Waals surface area contributed by atoms with Gasteiger partial charge in [0, 0.05) is 37.8 Å². The van der Waals surface area contributed by atoms with E-state index >= 15 is 4.39 Å². The number of anilines is 2. The van der Waals surface area contributed by atoms with Crippen molar-refractivity contribution in [3.8, 4) is 17.1 Å². The number of aromatic nitrogens is 4. The van der Waals surface area contributed by atoms with Gasteiger partial charge in [0.25, 0.3) is 0 Å². The molecule has 0 aromatic carbocycles. The van der Waals surface area contributed by atoms with Crippen molar-refractivity contribution in [2.24, 2.45) is 0 Å². The predicted molar refractivity (Wildman–Crippen MR) is 143 cm³/mol. The normalized spacial score (nSPS) is 19.2. The van der Waals surface area contributed by atoms with Gasteiger partial charge in [-0.05, 0) is 40.0 Å². The Balaban J connectivity index is 1.47. The zero-order valence-corrected chi connectivity index (χ0v) is 23.5. The molecule has 3 aromatic rings. The second-order valence-corrected chi connectivity index (χ2v) is 12.8. The Kier molecular flexibility index (Phi) is 7.18. The Hall–Kier alpha value is -3.75. The summed E-state index contributed by atoms with van der Waals surface area (Å²) in [5.74, 6) is -1.84. The fourth-order valence-corrected chi connectivity index (χ4v) is 6.29. The van der Waals surface area contributed by atoms with Gasteiger partial charge in [-0.3, -0.25) is 0 Å². The number of rotatable bonds is 5. The number of hydrogen-bond donors (Lipinski definition) is 1. The largest absolute Gasteiger partial charge is 0.493 e. The summed E-state index contributed by atoms with van der Waals surface area (Å²) in [4.78, 5) is 22.6. The van der Waals surface area contributed by atoms with Gasteiger partial charge < -0.3 is 19.7 Å². The molecule has 1 amide bonds. The van der Waals surface area contributed by atoms with E-state index in [9.17, 15) is 17.6 Å². The number of likely N-dealkylation sites (tertiary alicyclic amines) is 1. The molecular formula is C25H31F2N7O5S. The van der Waals surface area contributed by atoms with E-state index in [0.29, 0.717) is 31.9 Å². The van der Waals surface area contributed by atoms with E-state index in [-0.39, 0.29) is 59.3 Å². The lowest BCUT2D eigenvalue weighted by Crippen LogP contribution is -2.47. The van der Waals surface area contributed by atoms with E-state index in [1.807, 2.05) is 0 Å². The Morgan fingerprint density at radius 2 is 1.93 bits per heavy atom. The molecule has 15 heteroatoms. The van der Waals surface area contributed by atoms with Crippen molar-refractivity contribution in [3.05, 3.63) is 30.0 Å². The third kappa shape index (κ3) is 5.46. The smallest absolute Gasteiger partial charge is 0.410 e. The highest BCUT2D eigenvalue weighted by Crippen LogP contribution is 2.34. The van der Waals surface area contributed by atoms with Crippen LogP contribution in [0, 0.1) is 11.6 Å². The Bertz CT molecular complexity index is 1560. The molecule has 1 atom stereocenters. The first-order valence-electron chi connectivity index (χ1n) is 12.9. The lowest BCUT2D eigenvalue weighted by atomic mass is 10.1. The molecular weight excluding hydrogens is 548 g/mol. The Labute approximate surface area is 230 Å². The van der Waals surface area contributed by atoms with Gasteiger partial charge in [0.1, 0.15) is 17.0 Å². The number of sulfonamides is 1. The molecule has 0 radical (unpaired) electrons. The number of piperidine rings is 1. The molecule has 0 saturated carbocycles. The van der Waals surface area contributed by atoms with Crippen LogP contribution in [0.1, 0.15) is 40.0 Å². The van der Waals surface area contributed by atoms with Crippen LogP contribution in [0.3, 0.4) is 0 Å². The lowest BCUT2D eigenvalue weighted by Gasteiger charge is -2.34. The molecule has 2 aliphatic heterocycles. The van der Waals surface area contributed by atoms with E-state index in [0.717, 1.165) is 4.31 Å². The fraction of sp³-hybridized carbons (Fsp3) is 0.520. The SMILES string of the molecule is COc1cc2ncc(-c3nc(N[C@@H]4CCCN(C(=O)OC(C)(C)C)C4)c(F)cc3F)n2nc1N1CCCS1(=O)=O. The van der Waals surface area contributed by atoms with Crippen molar-refractivity contribution in [1.29, 1.82) is 0 Å². The molecule has 2 saturated heterocycles. The molecule has 40 heavy (non-hydrogen) atoms. The molecule has 0 spiro atoms. The number of ether oxygens (including phenoxy) is 2. The van der Waals surface area contributed by atoms with E-state index < -0.39 is 33.4 Å². The van der Waals surface area contributed by atoms with E-state index in [4.69, 9.17) is 9.47 Å². The third-order valence-corrected chi connectivity index (χ3v) is 8.41. The molecule has 5 heterocycles. The van der Waals surface area contributed by atoms with Crippen LogP contribution in [-0.4, -0.2) is 83.1 Å². The van der Waals surface area contributed by atoms with Gasteiger partial charge in [0.15, 0.2) is 28.8 Å². The molecule has 0 unspecified atom stereocenters. The number of carbonyl (C=O) groups is 1. The predicted octanol–water partition coefficient (Wildman–Crippen LogP) is 3.43. The maximum Gasteiger partial charge on any atom is 0.410 e. The highest BCUT2D eigenvalue weighted by Gasteiger charge is 2.33. The summed E-state index contributed by atoms with van der Waals surface area (Å²) in [5, 5.41) is 7.42. The highest BCUT2D eigenvalue weighted by molar-refractivity contribution is 7.93. The van der Waals surface area contributed by atoms with Crippen molar-refractivity contribution < 1.29 is 31.5 Å². The molecule has 2 fully saturated rings. The molecule has 0 aliphatic carbocycles. The first-order valence-corrected chi connectivity index (χ1v) is 14.5. The number of methoxy groups -OCH3 is 1. The van der Waals surface area contributed by atoms with Gasteiger partial charge in [0.2, 0.25) is 15.8 Å². The topological polar surface area (TPSA) is 131 Å². The first-order chi connectivity index (χ1) is 18.9. The Morgan fingerprint density at radius 3 is 2.60 bits per heavy atom.